The fourth-order valence-electron chi connectivity index (χ4n) is 3.21. The third-order valence-electron chi connectivity index (χ3n) is 4.82. The molecule has 0 unspecified atom stereocenters. The molecule has 1 heterocycles. The Morgan fingerprint density at radius 3 is 2.21 bits per heavy atom. The van der Waals surface area contributed by atoms with Gasteiger partial charge in [0, 0.05) is 33.0 Å². The standard InChI is InChI=1S/C24H20Cl2N4O3S/c1-32-20-12-9-18(13-21(20)33-2)27-22(31)14-34-24-29-28-23(15-3-5-16(25)6-4-15)30(24)19-10-7-17(26)8-11-19/h3-13H,14H2,1-2H3,(H,27,31). The van der Waals surface area contributed by atoms with Crippen molar-refractivity contribution in [2.24, 2.45) is 0 Å². The molecule has 0 aliphatic carbocycles. The lowest BCUT2D eigenvalue weighted by atomic mass is 10.2. The summed E-state index contributed by atoms with van der Waals surface area (Å²) >= 11 is 13.4. The molecule has 0 atom stereocenters. The van der Waals surface area contributed by atoms with Gasteiger partial charge in [-0.2, -0.15) is 0 Å². The molecule has 10 heteroatoms. The molecule has 1 N–H and O–H groups in total. The van der Waals surface area contributed by atoms with Crippen molar-refractivity contribution in [3.8, 4) is 28.6 Å². The maximum atomic E-state index is 12.7. The van der Waals surface area contributed by atoms with E-state index in [1.165, 1.54) is 11.8 Å². The summed E-state index contributed by atoms with van der Waals surface area (Å²) in [4.78, 5) is 12.7. The van der Waals surface area contributed by atoms with Gasteiger partial charge in [-0.25, -0.2) is 0 Å². The van der Waals surface area contributed by atoms with Gasteiger partial charge in [0.25, 0.3) is 0 Å². The smallest absolute Gasteiger partial charge is 0.234 e. The predicted octanol–water partition coefficient (Wildman–Crippen LogP) is 5.99. The van der Waals surface area contributed by atoms with Gasteiger partial charge in [0.2, 0.25) is 5.91 Å². The molecule has 4 rings (SSSR count). The quantitative estimate of drug-likeness (QED) is 0.291. The number of rotatable bonds is 8. The summed E-state index contributed by atoms with van der Waals surface area (Å²) in [6.45, 7) is 0. The van der Waals surface area contributed by atoms with Gasteiger partial charge in [0.15, 0.2) is 22.5 Å². The number of nitrogens with zero attached hydrogens (tertiary/aromatic N) is 3. The van der Waals surface area contributed by atoms with Crippen LogP contribution >= 0.6 is 35.0 Å². The maximum absolute atomic E-state index is 12.7. The van der Waals surface area contributed by atoms with E-state index in [2.05, 4.69) is 15.5 Å². The number of amides is 1. The van der Waals surface area contributed by atoms with Crippen LogP contribution in [0.3, 0.4) is 0 Å². The molecular weight excluding hydrogens is 495 g/mol. The number of anilines is 1. The number of hydrogen-bond donors (Lipinski definition) is 1. The van der Waals surface area contributed by atoms with Crippen molar-refractivity contribution in [3.05, 3.63) is 76.8 Å². The third-order valence-corrected chi connectivity index (χ3v) is 6.25. The average Bonchev–Trinajstić information content (AvgIpc) is 3.27. The molecule has 4 aromatic rings. The number of ether oxygens (including phenoxy) is 2. The van der Waals surface area contributed by atoms with E-state index in [0.29, 0.717) is 38.2 Å². The summed E-state index contributed by atoms with van der Waals surface area (Å²) < 4.78 is 12.4. The number of methoxy groups -OCH3 is 2. The van der Waals surface area contributed by atoms with Crippen LogP contribution in [0.15, 0.2) is 71.9 Å². The molecule has 1 amide bonds. The SMILES string of the molecule is COc1ccc(NC(=O)CSc2nnc(-c3ccc(Cl)cc3)n2-c2ccc(Cl)cc2)cc1OC. The summed E-state index contributed by atoms with van der Waals surface area (Å²) in [6.07, 6.45) is 0. The number of carbonyl (C=O) groups excluding carboxylic acids is 1. The van der Waals surface area contributed by atoms with Gasteiger partial charge in [0.1, 0.15) is 0 Å². The fraction of sp³-hybridized carbons (Fsp3) is 0.125. The molecule has 1 aromatic heterocycles. The Labute approximate surface area is 211 Å². The Bertz CT molecular complexity index is 1290. The van der Waals surface area contributed by atoms with Crippen molar-refractivity contribution < 1.29 is 14.3 Å². The molecule has 0 radical (unpaired) electrons. The first-order valence-corrected chi connectivity index (χ1v) is 11.8. The van der Waals surface area contributed by atoms with Crippen molar-refractivity contribution in [2.45, 2.75) is 5.16 Å². The minimum atomic E-state index is -0.198. The van der Waals surface area contributed by atoms with Gasteiger partial charge in [0.05, 0.1) is 20.0 Å². The highest BCUT2D eigenvalue weighted by Crippen LogP contribution is 2.31. The van der Waals surface area contributed by atoms with Gasteiger partial charge < -0.3 is 14.8 Å². The zero-order valence-electron chi connectivity index (χ0n) is 18.3. The highest BCUT2D eigenvalue weighted by molar-refractivity contribution is 7.99. The van der Waals surface area contributed by atoms with Crippen LogP contribution in [-0.4, -0.2) is 40.6 Å². The van der Waals surface area contributed by atoms with Gasteiger partial charge in [-0.3, -0.25) is 9.36 Å². The second kappa shape index (κ2) is 10.8. The van der Waals surface area contributed by atoms with Crippen LogP contribution < -0.4 is 14.8 Å². The van der Waals surface area contributed by atoms with E-state index in [1.54, 1.807) is 56.7 Å². The highest BCUT2D eigenvalue weighted by Gasteiger charge is 2.18. The fourth-order valence-corrected chi connectivity index (χ4v) is 4.22. The number of halogens is 2. The molecule has 0 fully saturated rings. The molecule has 0 aliphatic rings. The summed E-state index contributed by atoms with van der Waals surface area (Å²) in [5, 5.41) is 13.4. The lowest BCUT2D eigenvalue weighted by Gasteiger charge is -2.12. The number of carbonyl (C=O) groups is 1. The minimum absolute atomic E-state index is 0.126. The molecule has 3 aromatic carbocycles. The Hall–Kier alpha value is -3.20. The van der Waals surface area contributed by atoms with Gasteiger partial charge in [-0.15, -0.1) is 10.2 Å². The van der Waals surface area contributed by atoms with Crippen LogP contribution in [0.5, 0.6) is 11.5 Å². The van der Waals surface area contributed by atoms with Crippen molar-refractivity contribution >= 4 is 46.6 Å². The van der Waals surface area contributed by atoms with E-state index < -0.39 is 0 Å². The van der Waals surface area contributed by atoms with E-state index in [0.717, 1.165) is 11.3 Å². The molecule has 0 saturated carbocycles. The summed E-state index contributed by atoms with van der Waals surface area (Å²) in [6, 6.07) is 19.8. The number of benzene rings is 3. The summed E-state index contributed by atoms with van der Waals surface area (Å²) in [5.74, 6) is 1.67. The Morgan fingerprint density at radius 2 is 1.56 bits per heavy atom. The Kier molecular flexibility index (Phi) is 7.62. The molecular formula is C24H20Cl2N4O3S. The van der Waals surface area contributed by atoms with Gasteiger partial charge in [-0.1, -0.05) is 35.0 Å². The van der Waals surface area contributed by atoms with Crippen LogP contribution in [0.25, 0.3) is 17.1 Å². The number of hydrogen-bond acceptors (Lipinski definition) is 6. The van der Waals surface area contributed by atoms with E-state index in [4.69, 9.17) is 32.7 Å². The zero-order chi connectivity index (χ0) is 24.1. The number of nitrogens with one attached hydrogen (secondary N) is 1. The van der Waals surface area contributed by atoms with Crippen molar-refractivity contribution in [3.63, 3.8) is 0 Å². The van der Waals surface area contributed by atoms with Gasteiger partial charge in [-0.05, 0) is 60.7 Å². The van der Waals surface area contributed by atoms with Crippen LogP contribution in [0.2, 0.25) is 10.0 Å². The first-order chi connectivity index (χ1) is 16.5. The van der Waals surface area contributed by atoms with E-state index in [-0.39, 0.29) is 11.7 Å². The van der Waals surface area contributed by atoms with Crippen molar-refractivity contribution in [1.82, 2.24) is 14.8 Å². The molecule has 0 spiro atoms. The molecule has 7 nitrogen and oxygen atoms in total. The maximum Gasteiger partial charge on any atom is 0.234 e. The monoisotopic (exact) mass is 514 g/mol. The third kappa shape index (κ3) is 5.47. The van der Waals surface area contributed by atoms with Crippen LogP contribution in [0.1, 0.15) is 0 Å². The largest absolute Gasteiger partial charge is 0.493 e. The Morgan fingerprint density at radius 1 is 0.912 bits per heavy atom. The normalized spacial score (nSPS) is 10.7. The first-order valence-electron chi connectivity index (χ1n) is 10.1. The summed E-state index contributed by atoms with van der Waals surface area (Å²) in [7, 11) is 3.10. The summed E-state index contributed by atoms with van der Waals surface area (Å²) in [5.41, 5.74) is 2.26. The number of thioether (sulfide) groups is 1. The lowest BCUT2D eigenvalue weighted by molar-refractivity contribution is -0.113. The highest BCUT2D eigenvalue weighted by atomic mass is 35.5. The molecule has 0 saturated heterocycles. The predicted molar refractivity (Wildman–Crippen MR) is 136 cm³/mol. The molecule has 0 bridgehead atoms. The van der Waals surface area contributed by atoms with E-state index >= 15 is 0 Å². The van der Waals surface area contributed by atoms with Crippen LogP contribution in [-0.2, 0) is 4.79 Å². The van der Waals surface area contributed by atoms with Crippen LogP contribution in [0.4, 0.5) is 5.69 Å². The van der Waals surface area contributed by atoms with Crippen molar-refractivity contribution in [2.75, 3.05) is 25.3 Å². The average molecular weight is 515 g/mol. The second-order valence-corrected chi connectivity index (χ2v) is 8.85. The number of aromatic nitrogens is 3. The molecule has 0 aliphatic heterocycles. The van der Waals surface area contributed by atoms with E-state index in [1.807, 2.05) is 28.8 Å². The Balaban J connectivity index is 1.56. The van der Waals surface area contributed by atoms with Crippen LogP contribution in [0, 0.1) is 0 Å². The minimum Gasteiger partial charge on any atom is -0.493 e. The first kappa shape index (κ1) is 23.9. The topological polar surface area (TPSA) is 78.3 Å². The van der Waals surface area contributed by atoms with E-state index in [9.17, 15) is 4.79 Å². The van der Waals surface area contributed by atoms with Gasteiger partial charge >= 0.3 is 0 Å². The molecule has 34 heavy (non-hydrogen) atoms. The lowest BCUT2D eigenvalue weighted by Crippen LogP contribution is -2.14. The zero-order valence-corrected chi connectivity index (χ0v) is 20.6. The second-order valence-electron chi connectivity index (χ2n) is 7.03. The van der Waals surface area contributed by atoms with Crippen molar-refractivity contribution in [1.29, 1.82) is 0 Å². The molecule has 174 valence electrons.